The van der Waals surface area contributed by atoms with E-state index in [9.17, 15) is 4.79 Å². The van der Waals surface area contributed by atoms with Crippen LogP contribution in [0.3, 0.4) is 0 Å². The SMILES string of the molecule is CCN1CCN(Cc2ccc(CNC(=O)C[C@H](C)c3ccccc3)cc2)CC1. The minimum atomic E-state index is 0.106. The van der Waals surface area contributed by atoms with Crippen LogP contribution in [0.25, 0.3) is 0 Å². The molecule has 1 aliphatic rings. The molecule has 0 aliphatic carbocycles. The molecule has 150 valence electrons. The molecular weight excluding hydrogens is 346 g/mol. The number of piperazine rings is 1. The van der Waals surface area contributed by atoms with Crippen LogP contribution in [0.15, 0.2) is 54.6 Å². The van der Waals surface area contributed by atoms with E-state index in [0.717, 1.165) is 31.7 Å². The van der Waals surface area contributed by atoms with Crippen LogP contribution in [-0.4, -0.2) is 48.4 Å². The molecule has 1 amide bonds. The van der Waals surface area contributed by atoms with Crippen LogP contribution in [0, 0.1) is 0 Å². The molecule has 0 bridgehead atoms. The predicted molar refractivity (Wildman–Crippen MR) is 115 cm³/mol. The maximum atomic E-state index is 12.3. The van der Waals surface area contributed by atoms with E-state index in [4.69, 9.17) is 0 Å². The standard InChI is InChI=1S/C24H33N3O/c1-3-26-13-15-27(16-14-26)19-22-11-9-21(10-12-22)18-25-24(28)17-20(2)23-7-5-4-6-8-23/h4-12,20H,3,13-19H2,1-2H3,(H,25,28)/t20-/m0/s1. The molecule has 1 N–H and O–H groups in total. The van der Waals surface area contributed by atoms with E-state index >= 15 is 0 Å². The number of rotatable bonds is 8. The first-order valence-corrected chi connectivity index (χ1v) is 10.5. The monoisotopic (exact) mass is 379 g/mol. The van der Waals surface area contributed by atoms with Crippen molar-refractivity contribution < 1.29 is 4.79 Å². The fourth-order valence-corrected chi connectivity index (χ4v) is 3.73. The zero-order chi connectivity index (χ0) is 19.8. The lowest BCUT2D eigenvalue weighted by Crippen LogP contribution is -2.45. The molecule has 0 spiro atoms. The highest BCUT2D eigenvalue weighted by atomic mass is 16.1. The summed E-state index contributed by atoms with van der Waals surface area (Å²) in [7, 11) is 0. The van der Waals surface area contributed by atoms with Crippen LogP contribution in [0.5, 0.6) is 0 Å². The van der Waals surface area contributed by atoms with Gasteiger partial charge in [-0.05, 0) is 29.2 Å². The summed E-state index contributed by atoms with van der Waals surface area (Å²) in [6.45, 7) is 11.7. The van der Waals surface area contributed by atoms with Gasteiger partial charge in [0.05, 0.1) is 0 Å². The van der Waals surface area contributed by atoms with Gasteiger partial charge in [0.15, 0.2) is 0 Å². The van der Waals surface area contributed by atoms with Crippen LogP contribution >= 0.6 is 0 Å². The van der Waals surface area contributed by atoms with E-state index in [-0.39, 0.29) is 11.8 Å². The van der Waals surface area contributed by atoms with Crippen LogP contribution in [-0.2, 0) is 17.9 Å². The predicted octanol–water partition coefficient (Wildman–Crippen LogP) is 3.63. The molecule has 1 saturated heterocycles. The Kier molecular flexibility index (Phi) is 7.63. The van der Waals surface area contributed by atoms with Crippen LogP contribution in [0.1, 0.15) is 42.9 Å². The number of amides is 1. The molecule has 3 rings (SSSR count). The summed E-state index contributed by atoms with van der Waals surface area (Å²) in [6, 6.07) is 18.9. The molecule has 4 nitrogen and oxygen atoms in total. The average Bonchev–Trinajstić information content (AvgIpc) is 2.74. The Bertz CT molecular complexity index is 721. The lowest BCUT2D eigenvalue weighted by Gasteiger charge is -2.34. The zero-order valence-corrected chi connectivity index (χ0v) is 17.2. The Labute approximate surface area is 169 Å². The number of hydrogen-bond acceptors (Lipinski definition) is 3. The summed E-state index contributed by atoms with van der Waals surface area (Å²) in [6.07, 6.45) is 0.520. The highest BCUT2D eigenvalue weighted by molar-refractivity contribution is 5.76. The molecule has 2 aromatic rings. The lowest BCUT2D eigenvalue weighted by atomic mass is 9.97. The normalized spacial score (nSPS) is 16.6. The molecule has 0 unspecified atom stereocenters. The molecule has 0 radical (unpaired) electrons. The van der Waals surface area contributed by atoms with Gasteiger partial charge in [0.25, 0.3) is 0 Å². The van der Waals surface area contributed by atoms with Gasteiger partial charge in [-0.15, -0.1) is 0 Å². The van der Waals surface area contributed by atoms with Gasteiger partial charge in [0.2, 0.25) is 5.91 Å². The molecule has 1 atom stereocenters. The van der Waals surface area contributed by atoms with Crippen molar-refractivity contribution in [1.29, 1.82) is 0 Å². The summed E-state index contributed by atoms with van der Waals surface area (Å²) in [4.78, 5) is 17.3. The fourth-order valence-electron chi connectivity index (χ4n) is 3.73. The van der Waals surface area contributed by atoms with Crippen molar-refractivity contribution in [2.24, 2.45) is 0 Å². The molecular formula is C24H33N3O. The first kappa shape index (κ1) is 20.6. The highest BCUT2D eigenvalue weighted by Gasteiger charge is 2.15. The third kappa shape index (κ3) is 6.18. The van der Waals surface area contributed by atoms with Gasteiger partial charge >= 0.3 is 0 Å². The second-order valence-electron chi connectivity index (χ2n) is 7.82. The van der Waals surface area contributed by atoms with Gasteiger partial charge in [-0.25, -0.2) is 0 Å². The van der Waals surface area contributed by atoms with E-state index in [0.29, 0.717) is 13.0 Å². The van der Waals surface area contributed by atoms with Crippen molar-refractivity contribution in [1.82, 2.24) is 15.1 Å². The largest absolute Gasteiger partial charge is 0.352 e. The van der Waals surface area contributed by atoms with Crippen LogP contribution < -0.4 is 5.32 Å². The van der Waals surface area contributed by atoms with E-state index in [1.54, 1.807) is 0 Å². The van der Waals surface area contributed by atoms with Crippen LogP contribution in [0.2, 0.25) is 0 Å². The molecule has 1 aliphatic heterocycles. The zero-order valence-electron chi connectivity index (χ0n) is 17.2. The Balaban J connectivity index is 1.41. The first-order valence-electron chi connectivity index (χ1n) is 10.5. The number of carbonyl (C=O) groups is 1. The Morgan fingerprint density at radius 3 is 2.18 bits per heavy atom. The van der Waals surface area contributed by atoms with Crippen molar-refractivity contribution in [3.63, 3.8) is 0 Å². The van der Waals surface area contributed by atoms with Crippen molar-refractivity contribution in [3.05, 3.63) is 71.3 Å². The fraction of sp³-hybridized carbons (Fsp3) is 0.458. The summed E-state index contributed by atoms with van der Waals surface area (Å²) in [5, 5.41) is 3.06. The number of carbonyl (C=O) groups excluding carboxylic acids is 1. The Hall–Kier alpha value is -2.17. The number of nitrogens with zero attached hydrogens (tertiary/aromatic N) is 2. The molecule has 28 heavy (non-hydrogen) atoms. The average molecular weight is 380 g/mol. The van der Waals surface area contributed by atoms with E-state index in [2.05, 4.69) is 65.4 Å². The topological polar surface area (TPSA) is 35.6 Å². The van der Waals surface area contributed by atoms with Crippen molar-refractivity contribution in [2.75, 3.05) is 32.7 Å². The lowest BCUT2D eigenvalue weighted by molar-refractivity contribution is -0.121. The second-order valence-corrected chi connectivity index (χ2v) is 7.82. The summed E-state index contributed by atoms with van der Waals surface area (Å²) in [5.74, 6) is 0.339. The van der Waals surface area contributed by atoms with Gasteiger partial charge in [-0.2, -0.15) is 0 Å². The van der Waals surface area contributed by atoms with Gasteiger partial charge in [-0.3, -0.25) is 9.69 Å². The molecule has 1 fully saturated rings. The van der Waals surface area contributed by atoms with Gasteiger partial charge < -0.3 is 10.2 Å². The Morgan fingerprint density at radius 2 is 1.54 bits per heavy atom. The molecule has 1 heterocycles. The summed E-state index contributed by atoms with van der Waals surface area (Å²) >= 11 is 0. The Morgan fingerprint density at radius 1 is 0.929 bits per heavy atom. The number of hydrogen-bond donors (Lipinski definition) is 1. The van der Waals surface area contributed by atoms with Crippen molar-refractivity contribution in [2.45, 2.75) is 39.3 Å². The van der Waals surface area contributed by atoms with Gasteiger partial charge in [0, 0.05) is 45.7 Å². The smallest absolute Gasteiger partial charge is 0.220 e. The number of benzene rings is 2. The minimum absolute atomic E-state index is 0.106. The minimum Gasteiger partial charge on any atom is -0.352 e. The molecule has 0 saturated carbocycles. The van der Waals surface area contributed by atoms with E-state index < -0.39 is 0 Å². The number of nitrogens with one attached hydrogen (secondary N) is 1. The van der Waals surface area contributed by atoms with Crippen molar-refractivity contribution >= 4 is 5.91 Å². The summed E-state index contributed by atoms with van der Waals surface area (Å²) < 4.78 is 0. The second kappa shape index (κ2) is 10.4. The van der Waals surface area contributed by atoms with Crippen molar-refractivity contribution in [3.8, 4) is 0 Å². The third-order valence-corrected chi connectivity index (χ3v) is 5.69. The molecule has 2 aromatic carbocycles. The van der Waals surface area contributed by atoms with Gasteiger partial charge in [-0.1, -0.05) is 68.4 Å². The van der Waals surface area contributed by atoms with E-state index in [1.807, 2.05) is 18.2 Å². The summed E-state index contributed by atoms with van der Waals surface area (Å²) in [5.41, 5.74) is 3.71. The molecule has 4 heteroatoms. The first-order chi connectivity index (χ1) is 13.6. The molecule has 0 aromatic heterocycles. The van der Waals surface area contributed by atoms with Crippen LogP contribution in [0.4, 0.5) is 0 Å². The highest BCUT2D eigenvalue weighted by Crippen LogP contribution is 2.18. The van der Waals surface area contributed by atoms with E-state index in [1.165, 1.54) is 24.2 Å². The van der Waals surface area contributed by atoms with Gasteiger partial charge in [0.1, 0.15) is 0 Å². The number of likely N-dealkylation sites (N-methyl/N-ethyl adjacent to an activating group) is 1. The third-order valence-electron chi connectivity index (χ3n) is 5.69. The maximum absolute atomic E-state index is 12.3. The quantitative estimate of drug-likeness (QED) is 0.761. The maximum Gasteiger partial charge on any atom is 0.220 e.